The number of hydrogen-bond acceptors (Lipinski definition) is 9. The number of thioether (sulfide) groups is 1. The summed E-state index contributed by atoms with van der Waals surface area (Å²) in [4.78, 5) is 42.1. The molecule has 0 aliphatic carbocycles. The van der Waals surface area contributed by atoms with Crippen LogP contribution in [0.4, 0.5) is 4.79 Å². The van der Waals surface area contributed by atoms with E-state index in [0.29, 0.717) is 25.5 Å². The molecule has 3 heterocycles. The maximum atomic E-state index is 14.0. The molecule has 0 spiro atoms. The van der Waals surface area contributed by atoms with Crippen LogP contribution in [0.1, 0.15) is 43.9 Å². The highest BCUT2D eigenvalue weighted by Gasteiger charge is 2.50. The van der Waals surface area contributed by atoms with Crippen molar-refractivity contribution in [2.75, 3.05) is 25.7 Å². The minimum atomic E-state index is -1.65. The number of aliphatic hydroxyl groups is 1. The zero-order chi connectivity index (χ0) is 32.1. The Morgan fingerprint density at radius 2 is 1.89 bits per heavy atom. The molecule has 11 nitrogen and oxygen atoms in total. The maximum absolute atomic E-state index is 14.0. The lowest BCUT2D eigenvalue weighted by atomic mass is 9.97. The van der Waals surface area contributed by atoms with Crippen molar-refractivity contribution < 1.29 is 38.4 Å². The number of aryl methyl sites for hydroxylation is 1. The van der Waals surface area contributed by atoms with Crippen molar-refractivity contribution >= 4 is 29.7 Å². The van der Waals surface area contributed by atoms with Crippen LogP contribution in [-0.4, -0.2) is 88.9 Å². The Bertz CT molecular complexity index is 1360. The average Bonchev–Trinajstić information content (AvgIpc) is 3.72. The van der Waals surface area contributed by atoms with E-state index in [9.17, 15) is 19.5 Å². The molecular formula is C33H43N3O8S. The van der Waals surface area contributed by atoms with Crippen LogP contribution in [0.3, 0.4) is 0 Å². The first kappa shape index (κ1) is 33.1. The molecule has 3 saturated heterocycles. The third kappa shape index (κ3) is 7.74. The number of benzene rings is 2. The molecule has 45 heavy (non-hydrogen) atoms. The Morgan fingerprint density at radius 3 is 2.62 bits per heavy atom. The predicted molar refractivity (Wildman–Crippen MR) is 169 cm³/mol. The lowest BCUT2D eigenvalue weighted by Crippen LogP contribution is -2.58. The maximum Gasteiger partial charge on any atom is 0.407 e. The van der Waals surface area contributed by atoms with E-state index in [1.54, 1.807) is 12.1 Å². The topological polar surface area (TPSA) is 136 Å². The third-order valence-electron chi connectivity index (χ3n) is 8.66. The molecule has 0 aromatic heterocycles. The lowest BCUT2D eigenvalue weighted by Gasteiger charge is -2.33. The van der Waals surface area contributed by atoms with Gasteiger partial charge in [0.25, 0.3) is 5.91 Å². The van der Waals surface area contributed by atoms with E-state index >= 15 is 0 Å². The molecule has 3 aliphatic rings. The molecule has 2 aromatic rings. The number of ether oxygens (including phenoxy) is 4. The van der Waals surface area contributed by atoms with Crippen LogP contribution < -0.4 is 15.4 Å². The summed E-state index contributed by atoms with van der Waals surface area (Å²) in [7, 11) is 0. The number of carbonyl (C=O) groups excluding carboxylic acids is 3. The molecular weight excluding hydrogens is 598 g/mol. The molecule has 2 aromatic carbocycles. The number of alkyl carbamates (subject to hydrolysis) is 1. The first-order valence-corrected chi connectivity index (χ1v) is 16.4. The quantitative estimate of drug-likeness (QED) is 0.338. The van der Waals surface area contributed by atoms with Gasteiger partial charge in [0.2, 0.25) is 5.91 Å². The van der Waals surface area contributed by atoms with E-state index in [1.165, 1.54) is 16.7 Å². The fourth-order valence-corrected chi connectivity index (χ4v) is 7.24. The fraction of sp³-hybridized carbons (Fsp3) is 0.545. The smallest absolute Gasteiger partial charge is 0.407 e. The zero-order valence-corrected chi connectivity index (χ0v) is 27.0. The molecule has 12 heteroatoms. The van der Waals surface area contributed by atoms with Gasteiger partial charge in [0, 0.05) is 11.3 Å². The normalized spacial score (nSPS) is 24.9. The van der Waals surface area contributed by atoms with Crippen LogP contribution in [0.15, 0.2) is 48.5 Å². The first-order valence-electron chi connectivity index (χ1n) is 15.4. The summed E-state index contributed by atoms with van der Waals surface area (Å²) in [5.41, 5.74) is 2.80. The van der Waals surface area contributed by atoms with Crippen molar-refractivity contribution in [2.45, 2.75) is 82.4 Å². The third-order valence-corrected chi connectivity index (χ3v) is 10.0. The van der Waals surface area contributed by atoms with Gasteiger partial charge in [-0.15, -0.1) is 11.8 Å². The van der Waals surface area contributed by atoms with Crippen molar-refractivity contribution in [3.63, 3.8) is 0 Å². The standard InChI is InChI=1S/C33H43N3O8S/c1-5-41-23-12-10-21(11-13-23)16-25(35-32(40)44-26-18-43-31-24(26)14-15-42-31)27(37)30(39)36-19-45-33(3,4)28(36)29(38)34-17-22-9-7-6-8-20(22)2/h6-13,24-28,31,37H,5,14-19H2,1-4H3,(H,34,38)(H,35,40)/t24-,25-,26-,27-,28+,31+/m0/s1. The van der Waals surface area contributed by atoms with Gasteiger partial charge < -0.3 is 39.6 Å². The minimum Gasteiger partial charge on any atom is -0.494 e. The molecule has 3 N–H and O–H groups in total. The summed E-state index contributed by atoms with van der Waals surface area (Å²) >= 11 is 1.46. The van der Waals surface area contributed by atoms with Gasteiger partial charge in [-0.1, -0.05) is 36.4 Å². The van der Waals surface area contributed by atoms with Crippen molar-refractivity contribution in [3.05, 3.63) is 65.2 Å². The second-order valence-corrected chi connectivity index (χ2v) is 13.8. The molecule has 0 saturated carbocycles. The molecule has 3 fully saturated rings. The molecule has 0 bridgehead atoms. The average molecular weight is 642 g/mol. The Kier molecular flexibility index (Phi) is 10.6. The highest BCUT2D eigenvalue weighted by Crippen LogP contribution is 2.40. The summed E-state index contributed by atoms with van der Waals surface area (Å²) in [5, 5.41) is 17.3. The largest absolute Gasteiger partial charge is 0.494 e. The minimum absolute atomic E-state index is 0.0605. The van der Waals surface area contributed by atoms with Crippen LogP contribution in [0.25, 0.3) is 0 Å². The Balaban J connectivity index is 1.31. The Morgan fingerprint density at radius 1 is 1.13 bits per heavy atom. The van der Waals surface area contributed by atoms with Gasteiger partial charge in [-0.05, 0) is 69.4 Å². The lowest BCUT2D eigenvalue weighted by molar-refractivity contribution is -0.147. The molecule has 5 rings (SSSR count). The van der Waals surface area contributed by atoms with E-state index in [4.69, 9.17) is 18.9 Å². The van der Waals surface area contributed by atoms with Gasteiger partial charge in [-0.3, -0.25) is 9.59 Å². The van der Waals surface area contributed by atoms with E-state index in [0.717, 1.165) is 23.1 Å². The van der Waals surface area contributed by atoms with E-state index in [-0.39, 0.29) is 37.0 Å². The van der Waals surface area contributed by atoms with Crippen LogP contribution in [0, 0.1) is 12.8 Å². The van der Waals surface area contributed by atoms with Crippen molar-refractivity contribution in [1.29, 1.82) is 0 Å². The summed E-state index contributed by atoms with van der Waals surface area (Å²) in [6.45, 7) is 9.28. The molecule has 6 atom stereocenters. The molecule has 3 amide bonds. The highest BCUT2D eigenvalue weighted by atomic mass is 32.2. The van der Waals surface area contributed by atoms with E-state index in [2.05, 4.69) is 10.6 Å². The van der Waals surface area contributed by atoms with Gasteiger partial charge in [0.05, 0.1) is 37.7 Å². The number of amides is 3. The zero-order valence-electron chi connectivity index (χ0n) is 26.2. The molecule has 0 unspecified atom stereocenters. The number of nitrogens with one attached hydrogen (secondary N) is 2. The van der Waals surface area contributed by atoms with Crippen LogP contribution in [-0.2, 0) is 36.8 Å². The molecule has 0 radical (unpaired) electrons. The van der Waals surface area contributed by atoms with Crippen LogP contribution in [0.5, 0.6) is 5.75 Å². The summed E-state index contributed by atoms with van der Waals surface area (Å²) in [6, 6.07) is 13.2. The summed E-state index contributed by atoms with van der Waals surface area (Å²) in [5.74, 6) is -0.108. The molecule has 3 aliphatic heterocycles. The number of fused-ring (bicyclic) bond motifs is 1. The Labute approximate surface area is 268 Å². The van der Waals surface area contributed by atoms with Gasteiger partial charge in [0.1, 0.15) is 17.9 Å². The van der Waals surface area contributed by atoms with Crippen molar-refractivity contribution in [1.82, 2.24) is 15.5 Å². The summed E-state index contributed by atoms with van der Waals surface area (Å²) in [6.07, 6.45) is -2.43. The first-order chi connectivity index (χ1) is 21.6. The van der Waals surface area contributed by atoms with Gasteiger partial charge in [0.15, 0.2) is 12.4 Å². The number of rotatable bonds is 11. The van der Waals surface area contributed by atoms with E-state index in [1.807, 2.05) is 64.1 Å². The van der Waals surface area contributed by atoms with Crippen molar-refractivity contribution in [2.24, 2.45) is 5.92 Å². The van der Waals surface area contributed by atoms with Crippen LogP contribution >= 0.6 is 11.8 Å². The second-order valence-electron chi connectivity index (χ2n) is 12.2. The van der Waals surface area contributed by atoms with Gasteiger partial charge in [-0.2, -0.15) is 0 Å². The number of carbonyl (C=O) groups is 3. The highest BCUT2D eigenvalue weighted by molar-refractivity contribution is 8.00. The van der Waals surface area contributed by atoms with Gasteiger partial charge >= 0.3 is 6.09 Å². The summed E-state index contributed by atoms with van der Waals surface area (Å²) < 4.78 is 21.8. The monoisotopic (exact) mass is 641 g/mol. The van der Waals surface area contributed by atoms with E-state index < -0.39 is 41.0 Å². The fourth-order valence-electron chi connectivity index (χ4n) is 6.10. The van der Waals surface area contributed by atoms with Gasteiger partial charge in [-0.25, -0.2) is 4.79 Å². The number of nitrogens with zero attached hydrogens (tertiary/aromatic N) is 1. The van der Waals surface area contributed by atoms with Crippen LogP contribution in [0.2, 0.25) is 0 Å². The number of hydrogen-bond donors (Lipinski definition) is 3. The molecule has 244 valence electrons. The Hall–Kier alpha value is -3.32. The predicted octanol–water partition coefficient (Wildman–Crippen LogP) is 3.15. The number of aliphatic hydroxyl groups excluding tert-OH is 1. The van der Waals surface area contributed by atoms with Crippen molar-refractivity contribution in [3.8, 4) is 5.75 Å². The second kappa shape index (κ2) is 14.4. The SMILES string of the molecule is CCOc1ccc(C[C@H](NC(=O)O[C@H]2CO[C@H]3OCC[C@H]32)[C@H](O)C(=O)N2CSC(C)(C)[C@H]2C(=O)NCc2ccccc2C)cc1.